The maximum absolute atomic E-state index is 12.2. The Morgan fingerprint density at radius 3 is 2.67 bits per heavy atom. The Morgan fingerprint density at radius 1 is 1.19 bits per heavy atom. The summed E-state index contributed by atoms with van der Waals surface area (Å²) in [5.74, 6) is 1.91. The lowest BCUT2D eigenvalue weighted by Crippen LogP contribution is -2.08. The second-order valence-electron chi connectivity index (χ2n) is 4.55. The van der Waals surface area contributed by atoms with Crippen molar-refractivity contribution >= 4 is 21.6 Å². The fourth-order valence-corrected chi connectivity index (χ4v) is 3.27. The van der Waals surface area contributed by atoms with Gasteiger partial charge in [-0.05, 0) is 24.6 Å². The molecular weight excluding hydrogens is 288 g/mol. The number of hydrogen-bond acceptors (Lipinski definition) is 5. The summed E-state index contributed by atoms with van der Waals surface area (Å²) in [5, 5.41) is 2.55. The minimum atomic E-state index is -0.122. The van der Waals surface area contributed by atoms with Crippen LogP contribution in [0.4, 0.5) is 0 Å². The van der Waals surface area contributed by atoms with E-state index in [9.17, 15) is 4.79 Å². The highest BCUT2D eigenvalue weighted by atomic mass is 32.1. The largest absolute Gasteiger partial charge is 0.493 e. The number of hydrogen-bond donors (Lipinski definition) is 1. The molecule has 0 unspecified atom stereocenters. The van der Waals surface area contributed by atoms with Crippen LogP contribution in [-0.4, -0.2) is 24.2 Å². The molecule has 0 saturated heterocycles. The number of H-pyrrole nitrogens is 1. The van der Waals surface area contributed by atoms with Gasteiger partial charge in [0.15, 0.2) is 11.5 Å². The third kappa shape index (κ3) is 2.27. The fraction of sp³-hybridized carbons (Fsp3) is 0.200. The molecule has 0 radical (unpaired) electrons. The van der Waals surface area contributed by atoms with Crippen LogP contribution in [0.15, 0.2) is 28.4 Å². The van der Waals surface area contributed by atoms with Crippen molar-refractivity contribution < 1.29 is 9.47 Å². The standard InChI is InChI=1S/C15H14N2O3S/c1-8-16-14(18)13-10(7-21-15(13)17-8)9-4-5-11(19-2)12(6-9)20-3/h4-7H,1-3H3,(H,16,17,18). The summed E-state index contributed by atoms with van der Waals surface area (Å²) in [6.07, 6.45) is 0. The van der Waals surface area contributed by atoms with Crippen molar-refractivity contribution in [1.29, 1.82) is 0 Å². The molecule has 0 saturated carbocycles. The number of aryl methyl sites for hydroxylation is 1. The highest BCUT2D eigenvalue weighted by Crippen LogP contribution is 2.36. The van der Waals surface area contributed by atoms with E-state index in [2.05, 4.69) is 9.97 Å². The molecule has 1 N–H and O–H groups in total. The van der Waals surface area contributed by atoms with Crippen LogP contribution < -0.4 is 15.0 Å². The zero-order chi connectivity index (χ0) is 15.0. The summed E-state index contributed by atoms with van der Waals surface area (Å²) < 4.78 is 10.5. The number of aromatic nitrogens is 2. The van der Waals surface area contributed by atoms with Crippen LogP contribution in [0.5, 0.6) is 11.5 Å². The molecule has 6 heteroatoms. The predicted octanol–water partition coefficient (Wildman–Crippen LogP) is 2.98. The Hall–Kier alpha value is -2.34. The first-order chi connectivity index (χ1) is 10.1. The minimum Gasteiger partial charge on any atom is -0.493 e. The third-order valence-corrected chi connectivity index (χ3v) is 4.13. The summed E-state index contributed by atoms with van der Waals surface area (Å²) in [6.45, 7) is 1.77. The van der Waals surface area contributed by atoms with Gasteiger partial charge < -0.3 is 14.5 Å². The van der Waals surface area contributed by atoms with Gasteiger partial charge in [-0.15, -0.1) is 11.3 Å². The number of nitrogens with zero attached hydrogens (tertiary/aromatic N) is 1. The molecule has 0 fully saturated rings. The van der Waals surface area contributed by atoms with Crippen molar-refractivity contribution in [3.63, 3.8) is 0 Å². The number of thiophene rings is 1. The quantitative estimate of drug-likeness (QED) is 0.808. The maximum Gasteiger partial charge on any atom is 0.260 e. The molecule has 0 spiro atoms. The number of fused-ring (bicyclic) bond motifs is 1. The minimum absolute atomic E-state index is 0.122. The number of rotatable bonds is 3. The summed E-state index contributed by atoms with van der Waals surface area (Å²) in [6, 6.07) is 5.59. The molecule has 3 rings (SSSR count). The van der Waals surface area contributed by atoms with Crippen LogP contribution in [0.2, 0.25) is 0 Å². The topological polar surface area (TPSA) is 64.2 Å². The second kappa shape index (κ2) is 5.21. The van der Waals surface area contributed by atoms with Crippen LogP contribution in [-0.2, 0) is 0 Å². The zero-order valence-electron chi connectivity index (χ0n) is 11.9. The SMILES string of the molecule is COc1ccc(-c2csc3nc(C)[nH]c(=O)c23)cc1OC. The van der Waals surface area contributed by atoms with E-state index in [1.54, 1.807) is 21.1 Å². The lowest BCUT2D eigenvalue weighted by Gasteiger charge is -2.09. The normalized spacial score (nSPS) is 10.8. The van der Waals surface area contributed by atoms with Gasteiger partial charge in [-0.2, -0.15) is 0 Å². The first-order valence-electron chi connectivity index (χ1n) is 6.34. The fourth-order valence-electron chi connectivity index (χ4n) is 2.27. The molecule has 0 aliphatic heterocycles. The van der Waals surface area contributed by atoms with Crippen molar-refractivity contribution in [3.05, 3.63) is 39.8 Å². The molecule has 0 bridgehead atoms. The molecule has 2 aromatic heterocycles. The zero-order valence-corrected chi connectivity index (χ0v) is 12.7. The summed E-state index contributed by atoms with van der Waals surface area (Å²) in [4.78, 5) is 20.0. The van der Waals surface area contributed by atoms with Crippen molar-refractivity contribution in [3.8, 4) is 22.6 Å². The summed E-state index contributed by atoms with van der Waals surface area (Å²) >= 11 is 1.46. The van der Waals surface area contributed by atoms with Gasteiger partial charge in [0.2, 0.25) is 0 Å². The van der Waals surface area contributed by atoms with Crippen molar-refractivity contribution in [2.45, 2.75) is 6.92 Å². The van der Waals surface area contributed by atoms with Crippen LogP contribution >= 0.6 is 11.3 Å². The van der Waals surface area contributed by atoms with Crippen LogP contribution in [0, 0.1) is 6.92 Å². The van der Waals surface area contributed by atoms with E-state index < -0.39 is 0 Å². The number of aromatic amines is 1. The molecule has 3 aromatic rings. The second-order valence-corrected chi connectivity index (χ2v) is 5.41. The molecule has 0 atom stereocenters. The molecule has 21 heavy (non-hydrogen) atoms. The molecule has 5 nitrogen and oxygen atoms in total. The molecule has 108 valence electrons. The van der Waals surface area contributed by atoms with Crippen LogP contribution in [0.3, 0.4) is 0 Å². The van der Waals surface area contributed by atoms with E-state index >= 15 is 0 Å². The summed E-state index contributed by atoms with van der Waals surface area (Å²) in [7, 11) is 3.18. The molecular formula is C15H14N2O3S. The molecule has 0 aliphatic rings. The molecule has 0 amide bonds. The molecule has 1 aromatic carbocycles. The van der Waals surface area contributed by atoms with E-state index in [1.165, 1.54) is 11.3 Å². The van der Waals surface area contributed by atoms with Gasteiger partial charge >= 0.3 is 0 Å². The van der Waals surface area contributed by atoms with Gasteiger partial charge in [0.05, 0.1) is 19.6 Å². The van der Waals surface area contributed by atoms with E-state index in [0.717, 1.165) is 16.0 Å². The van der Waals surface area contributed by atoms with E-state index in [4.69, 9.17) is 9.47 Å². The van der Waals surface area contributed by atoms with Gasteiger partial charge in [-0.25, -0.2) is 4.98 Å². The number of ether oxygens (including phenoxy) is 2. The first-order valence-corrected chi connectivity index (χ1v) is 7.22. The average Bonchev–Trinajstić information content (AvgIpc) is 2.90. The summed E-state index contributed by atoms with van der Waals surface area (Å²) in [5.41, 5.74) is 1.63. The number of methoxy groups -OCH3 is 2. The first kappa shape index (κ1) is 13.6. The molecule has 2 heterocycles. The Kier molecular flexibility index (Phi) is 3.39. The maximum atomic E-state index is 12.2. The van der Waals surface area contributed by atoms with Crippen LogP contribution in [0.1, 0.15) is 5.82 Å². The number of nitrogens with one attached hydrogen (secondary N) is 1. The van der Waals surface area contributed by atoms with Gasteiger partial charge in [0, 0.05) is 10.9 Å². The van der Waals surface area contributed by atoms with Crippen molar-refractivity contribution in [1.82, 2.24) is 9.97 Å². The van der Waals surface area contributed by atoms with Gasteiger partial charge in [-0.3, -0.25) is 4.79 Å². The predicted molar refractivity (Wildman–Crippen MR) is 83.5 cm³/mol. The lowest BCUT2D eigenvalue weighted by molar-refractivity contribution is 0.355. The van der Waals surface area contributed by atoms with Gasteiger partial charge in [0.25, 0.3) is 5.56 Å². The Balaban J connectivity index is 2.24. The Morgan fingerprint density at radius 2 is 1.95 bits per heavy atom. The van der Waals surface area contributed by atoms with E-state index in [1.807, 2.05) is 23.6 Å². The van der Waals surface area contributed by atoms with Crippen molar-refractivity contribution in [2.75, 3.05) is 14.2 Å². The Labute approximate surface area is 125 Å². The monoisotopic (exact) mass is 302 g/mol. The van der Waals surface area contributed by atoms with Gasteiger partial charge in [0.1, 0.15) is 10.7 Å². The smallest absolute Gasteiger partial charge is 0.260 e. The number of benzene rings is 1. The lowest BCUT2D eigenvalue weighted by atomic mass is 10.1. The van der Waals surface area contributed by atoms with E-state index in [0.29, 0.717) is 22.7 Å². The van der Waals surface area contributed by atoms with Crippen LogP contribution in [0.25, 0.3) is 21.3 Å². The average molecular weight is 302 g/mol. The highest BCUT2D eigenvalue weighted by Gasteiger charge is 2.14. The Bertz CT molecular complexity index is 867. The van der Waals surface area contributed by atoms with Crippen molar-refractivity contribution in [2.24, 2.45) is 0 Å². The van der Waals surface area contributed by atoms with Gasteiger partial charge in [-0.1, -0.05) is 6.07 Å². The highest BCUT2D eigenvalue weighted by molar-refractivity contribution is 7.17. The third-order valence-electron chi connectivity index (χ3n) is 3.26. The van der Waals surface area contributed by atoms with E-state index in [-0.39, 0.29) is 5.56 Å². The molecule has 0 aliphatic carbocycles.